The Morgan fingerprint density at radius 3 is 2.57 bits per heavy atom. The van der Waals surface area contributed by atoms with Crippen LogP contribution in [0, 0.1) is 0 Å². The van der Waals surface area contributed by atoms with Crippen LogP contribution in [0.1, 0.15) is 0 Å². The molecule has 1 saturated heterocycles. The van der Waals surface area contributed by atoms with E-state index in [1.54, 1.807) is 0 Å². The Balaban J connectivity index is 2.24. The van der Waals surface area contributed by atoms with Gasteiger partial charge in [-0.1, -0.05) is 6.08 Å². The second kappa shape index (κ2) is 5.88. The molecular formula is C10H17FN2O. The van der Waals surface area contributed by atoms with E-state index in [1.807, 2.05) is 0 Å². The lowest BCUT2D eigenvalue weighted by Gasteiger charge is -2.31. The first-order valence-electron chi connectivity index (χ1n) is 4.88. The SMILES string of the molecule is CN1CCN(CC(=O)/C=C/CF)CC1. The fourth-order valence-corrected chi connectivity index (χ4v) is 1.46. The van der Waals surface area contributed by atoms with Crippen LogP contribution in [0.25, 0.3) is 0 Å². The number of carbonyl (C=O) groups is 1. The Hall–Kier alpha value is -0.740. The number of halogens is 1. The van der Waals surface area contributed by atoms with Gasteiger partial charge in [-0.2, -0.15) is 0 Å². The van der Waals surface area contributed by atoms with E-state index in [0.717, 1.165) is 26.2 Å². The third kappa shape index (κ3) is 3.98. The molecule has 14 heavy (non-hydrogen) atoms. The molecule has 80 valence electrons. The number of alkyl halides is 1. The molecule has 0 N–H and O–H groups in total. The third-order valence-corrected chi connectivity index (χ3v) is 2.37. The Kier molecular flexibility index (Phi) is 4.76. The number of ketones is 1. The average Bonchev–Trinajstić information content (AvgIpc) is 2.18. The molecule has 1 aliphatic rings. The summed E-state index contributed by atoms with van der Waals surface area (Å²) in [5, 5.41) is 0. The van der Waals surface area contributed by atoms with Gasteiger partial charge in [0.1, 0.15) is 6.67 Å². The first kappa shape index (κ1) is 11.3. The Morgan fingerprint density at radius 1 is 1.36 bits per heavy atom. The third-order valence-electron chi connectivity index (χ3n) is 2.37. The standard InChI is InChI=1S/C10H17FN2O/c1-12-5-7-13(8-6-12)9-10(14)3-2-4-11/h2-3H,4-9H2,1H3/b3-2+. The minimum atomic E-state index is -0.561. The van der Waals surface area contributed by atoms with E-state index in [4.69, 9.17) is 0 Å². The highest BCUT2D eigenvalue weighted by Gasteiger charge is 2.14. The molecule has 0 aliphatic carbocycles. The molecule has 0 atom stereocenters. The lowest BCUT2D eigenvalue weighted by Crippen LogP contribution is -2.46. The van der Waals surface area contributed by atoms with Gasteiger partial charge in [-0.3, -0.25) is 9.69 Å². The number of piperazine rings is 1. The van der Waals surface area contributed by atoms with Crippen molar-refractivity contribution in [1.82, 2.24) is 9.80 Å². The monoisotopic (exact) mass is 200 g/mol. The van der Waals surface area contributed by atoms with Crippen molar-refractivity contribution >= 4 is 5.78 Å². The first-order valence-corrected chi connectivity index (χ1v) is 4.88. The average molecular weight is 200 g/mol. The van der Waals surface area contributed by atoms with Crippen LogP contribution in [0.5, 0.6) is 0 Å². The molecule has 1 rings (SSSR count). The van der Waals surface area contributed by atoms with Crippen LogP contribution >= 0.6 is 0 Å². The van der Waals surface area contributed by atoms with E-state index in [9.17, 15) is 9.18 Å². The van der Waals surface area contributed by atoms with E-state index in [2.05, 4.69) is 16.8 Å². The van der Waals surface area contributed by atoms with Crippen LogP contribution < -0.4 is 0 Å². The molecule has 0 amide bonds. The Bertz CT molecular complexity index is 210. The summed E-state index contributed by atoms with van der Waals surface area (Å²) < 4.78 is 11.7. The smallest absolute Gasteiger partial charge is 0.169 e. The summed E-state index contributed by atoms with van der Waals surface area (Å²) in [7, 11) is 2.07. The Morgan fingerprint density at radius 2 is 2.00 bits per heavy atom. The molecular weight excluding hydrogens is 183 g/mol. The minimum Gasteiger partial charge on any atom is -0.304 e. The van der Waals surface area contributed by atoms with Gasteiger partial charge < -0.3 is 4.90 Å². The van der Waals surface area contributed by atoms with Crippen molar-refractivity contribution in [1.29, 1.82) is 0 Å². The summed E-state index contributed by atoms with van der Waals surface area (Å²) in [6.45, 7) is 3.70. The van der Waals surface area contributed by atoms with Gasteiger partial charge in [0.15, 0.2) is 5.78 Å². The molecule has 0 aromatic carbocycles. The van der Waals surface area contributed by atoms with E-state index in [-0.39, 0.29) is 5.78 Å². The summed E-state index contributed by atoms with van der Waals surface area (Å²) >= 11 is 0. The molecule has 1 aliphatic heterocycles. The van der Waals surface area contributed by atoms with Gasteiger partial charge >= 0.3 is 0 Å². The van der Waals surface area contributed by atoms with Crippen LogP contribution in [-0.2, 0) is 4.79 Å². The van der Waals surface area contributed by atoms with Crippen molar-refractivity contribution in [3.8, 4) is 0 Å². The fourth-order valence-electron chi connectivity index (χ4n) is 1.46. The van der Waals surface area contributed by atoms with Crippen LogP contribution in [0.2, 0.25) is 0 Å². The highest BCUT2D eigenvalue weighted by Crippen LogP contribution is 1.98. The molecule has 1 fully saturated rings. The zero-order valence-electron chi connectivity index (χ0n) is 8.58. The minimum absolute atomic E-state index is 0.00722. The predicted octanol–water partition coefficient (Wildman–Crippen LogP) is 0.329. The molecule has 0 saturated carbocycles. The summed E-state index contributed by atoms with van der Waals surface area (Å²) in [5.41, 5.74) is 0. The van der Waals surface area contributed by atoms with E-state index >= 15 is 0 Å². The summed E-state index contributed by atoms with van der Waals surface area (Å²) in [6, 6.07) is 0. The van der Waals surface area contributed by atoms with Crippen molar-refractivity contribution < 1.29 is 9.18 Å². The van der Waals surface area contributed by atoms with Crippen LogP contribution in [0.4, 0.5) is 4.39 Å². The van der Waals surface area contributed by atoms with Gasteiger partial charge in [0.25, 0.3) is 0 Å². The Labute approximate surface area is 84.2 Å². The number of hydrogen-bond acceptors (Lipinski definition) is 3. The van der Waals surface area contributed by atoms with Crippen LogP contribution in [0.15, 0.2) is 12.2 Å². The molecule has 1 heterocycles. The van der Waals surface area contributed by atoms with Gasteiger partial charge in [-0.25, -0.2) is 4.39 Å². The maximum absolute atomic E-state index is 11.7. The van der Waals surface area contributed by atoms with Crippen molar-refractivity contribution in [3.05, 3.63) is 12.2 Å². The number of rotatable bonds is 4. The van der Waals surface area contributed by atoms with Crippen LogP contribution in [0.3, 0.4) is 0 Å². The number of carbonyl (C=O) groups excluding carboxylic acids is 1. The van der Waals surface area contributed by atoms with E-state index < -0.39 is 6.67 Å². The molecule has 4 heteroatoms. The van der Waals surface area contributed by atoms with Gasteiger partial charge in [0.2, 0.25) is 0 Å². The van der Waals surface area contributed by atoms with Gasteiger partial charge in [0, 0.05) is 26.2 Å². The van der Waals surface area contributed by atoms with Gasteiger partial charge in [-0.15, -0.1) is 0 Å². The lowest BCUT2D eigenvalue weighted by molar-refractivity contribution is -0.116. The maximum atomic E-state index is 11.7. The number of likely N-dealkylation sites (N-methyl/N-ethyl adjacent to an activating group) is 1. The fraction of sp³-hybridized carbons (Fsp3) is 0.700. The number of nitrogens with zero attached hydrogens (tertiary/aromatic N) is 2. The molecule has 0 spiro atoms. The first-order chi connectivity index (χ1) is 6.72. The highest BCUT2D eigenvalue weighted by atomic mass is 19.1. The van der Waals surface area contributed by atoms with Crippen molar-refractivity contribution in [3.63, 3.8) is 0 Å². The topological polar surface area (TPSA) is 23.6 Å². The molecule has 0 bridgehead atoms. The molecule has 0 unspecified atom stereocenters. The van der Waals surface area contributed by atoms with Crippen LogP contribution in [-0.4, -0.2) is 62.0 Å². The predicted molar refractivity (Wildman–Crippen MR) is 54.1 cm³/mol. The van der Waals surface area contributed by atoms with E-state index in [0.29, 0.717) is 6.54 Å². The van der Waals surface area contributed by atoms with Crippen molar-refractivity contribution in [2.24, 2.45) is 0 Å². The van der Waals surface area contributed by atoms with Crippen molar-refractivity contribution in [2.45, 2.75) is 0 Å². The second-order valence-electron chi connectivity index (χ2n) is 3.60. The van der Waals surface area contributed by atoms with E-state index in [1.165, 1.54) is 12.2 Å². The summed E-state index contributed by atoms with van der Waals surface area (Å²) in [4.78, 5) is 15.6. The zero-order chi connectivity index (χ0) is 10.4. The summed E-state index contributed by atoms with van der Waals surface area (Å²) in [6.07, 6.45) is 2.59. The normalized spacial score (nSPS) is 20.4. The lowest BCUT2D eigenvalue weighted by atomic mass is 10.3. The summed E-state index contributed by atoms with van der Waals surface area (Å²) in [5.74, 6) is -0.00722. The second-order valence-corrected chi connectivity index (χ2v) is 3.60. The van der Waals surface area contributed by atoms with Gasteiger partial charge in [-0.05, 0) is 13.1 Å². The molecule has 3 nitrogen and oxygen atoms in total. The zero-order valence-corrected chi connectivity index (χ0v) is 8.58. The van der Waals surface area contributed by atoms with Gasteiger partial charge in [0.05, 0.1) is 6.54 Å². The number of allylic oxidation sites excluding steroid dienone is 1. The molecule has 0 radical (unpaired) electrons. The molecule has 0 aromatic heterocycles. The number of hydrogen-bond donors (Lipinski definition) is 0. The largest absolute Gasteiger partial charge is 0.304 e. The maximum Gasteiger partial charge on any atom is 0.169 e. The highest BCUT2D eigenvalue weighted by molar-refractivity contribution is 5.91. The van der Waals surface area contributed by atoms with Crippen molar-refractivity contribution in [2.75, 3.05) is 46.4 Å². The quantitative estimate of drug-likeness (QED) is 0.611. The molecule has 0 aromatic rings.